The Hall–Kier alpha value is -1.77. The number of rotatable bonds is 4. The summed E-state index contributed by atoms with van der Waals surface area (Å²) in [4.78, 5) is 6.74. The molecule has 2 aromatic heterocycles. The Kier molecular flexibility index (Phi) is 4.47. The largest absolute Gasteiger partial charge is 0.378 e. The van der Waals surface area contributed by atoms with Crippen LogP contribution in [0.5, 0.6) is 0 Å². The SMILES string of the molecule is Cc1ccc(CN2CCOC[C@H]2c2[nH]ncc2S(C)(=O)=O)cn1. The van der Waals surface area contributed by atoms with Crippen molar-refractivity contribution in [2.24, 2.45) is 0 Å². The van der Waals surface area contributed by atoms with Gasteiger partial charge in [0.1, 0.15) is 4.90 Å². The maximum absolute atomic E-state index is 11.9. The van der Waals surface area contributed by atoms with Gasteiger partial charge in [0.25, 0.3) is 0 Å². The molecule has 1 fully saturated rings. The molecule has 0 saturated carbocycles. The van der Waals surface area contributed by atoms with Crippen LogP contribution in [0.15, 0.2) is 29.4 Å². The fourth-order valence-corrected chi connectivity index (χ4v) is 3.56. The molecule has 0 unspecified atom stereocenters. The van der Waals surface area contributed by atoms with Gasteiger partial charge in [-0.1, -0.05) is 6.07 Å². The summed E-state index contributed by atoms with van der Waals surface area (Å²) in [6.45, 7) is 4.41. The maximum Gasteiger partial charge on any atom is 0.178 e. The number of aromatic amines is 1. The van der Waals surface area contributed by atoms with Crippen molar-refractivity contribution in [2.75, 3.05) is 26.0 Å². The Bertz CT molecular complexity index is 770. The van der Waals surface area contributed by atoms with Crippen molar-refractivity contribution in [2.45, 2.75) is 24.4 Å². The normalized spacial score (nSPS) is 19.8. The topological polar surface area (TPSA) is 88.2 Å². The average molecular weight is 336 g/mol. The van der Waals surface area contributed by atoms with Gasteiger partial charge in [0.15, 0.2) is 9.84 Å². The molecule has 0 radical (unpaired) electrons. The van der Waals surface area contributed by atoms with E-state index in [4.69, 9.17) is 4.74 Å². The molecule has 1 aliphatic rings. The third-order valence-corrected chi connectivity index (χ3v) is 5.09. The zero-order valence-corrected chi connectivity index (χ0v) is 14.0. The van der Waals surface area contributed by atoms with Crippen LogP contribution >= 0.6 is 0 Å². The summed E-state index contributed by atoms with van der Waals surface area (Å²) >= 11 is 0. The van der Waals surface area contributed by atoms with Crippen molar-refractivity contribution in [1.82, 2.24) is 20.1 Å². The molecule has 7 nitrogen and oxygen atoms in total. The van der Waals surface area contributed by atoms with Gasteiger partial charge >= 0.3 is 0 Å². The summed E-state index contributed by atoms with van der Waals surface area (Å²) in [5.41, 5.74) is 2.65. The van der Waals surface area contributed by atoms with Crippen LogP contribution in [0, 0.1) is 6.92 Å². The highest BCUT2D eigenvalue weighted by Gasteiger charge is 2.30. The second kappa shape index (κ2) is 6.38. The lowest BCUT2D eigenvalue weighted by atomic mass is 10.1. The predicted octanol–water partition coefficient (Wildman–Crippen LogP) is 1.09. The molecule has 1 N–H and O–H groups in total. The molecule has 8 heteroatoms. The minimum atomic E-state index is -3.33. The molecule has 3 heterocycles. The van der Waals surface area contributed by atoms with Crippen LogP contribution in [0.4, 0.5) is 0 Å². The number of ether oxygens (including phenoxy) is 1. The van der Waals surface area contributed by atoms with Crippen LogP contribution in [0.25, 0.3) is 0 Å². The molecule has 0 aromatic carbocycles. The summed E-state index contributed by atoms with van der Waals surface area (Å²) in [6, 6.07) is 3.85. The van der Waals surface area contributed by atoms with Crippen LogP contribution in [-0.2, 0) is 21.1 Å². The number of H-pyrrole nitrogens is 1. The first-order valence-corrected chi connectivity index (χ1v) is 9.31. The number of nitrogens with one attached hydrogen (secondary N) is 1. The summed E-state index contributed by atoms with van der Waals surface area (Å²) in [7, 11) is -3.33. The van der Waals surface area contributed by atoms with E-state index in [2.05, 4.69) is 20.1 Å². The van der Waals surface area contributed by atoms with E-state index in [-0.39, 0.29) is 10.9 Å². The molecule has 124 valence electrons. The van der Waals surface area contributed by atoms with E-state index >= 15 is 0 Å². The average Bonchev–Trinajstić information content (AvgIpc) is 3.00. The molecule has 0 bridgehead atoms. The molecule has 3 rings (SSSR count). The number of sulfone groups is 1. The van der Waals surface area contributed by atoms with Crippen molar-refractivity contribution in [3.63, 3.8) is 0 Å². The standard InChI is InChI=1S/C15H20N4O3S/c1-11-3-4-12(7-16-11)9-19-5-6-22-10-13(19)15-14(8-17-18-15)23(2,20)21/h3-4,7-8,13H,5-6,9-10H2,1-2H3,(H,17,18)/t13-/m0/s1. The van der Waals surface area contributed by atoms with Crippen molar-refractivity contribution >= 4 is 9.84 Å². The van der Waals surface area contributed by atoms with Gasteiger partial charge < -0.3 is 4.74 Å². The lowest BCUT2D eigenvalue weighted by Gasteiger charge is -2.35. The van der Waals surface area contributed by atoms with E-state index in [1.54, 1.807) is 0 Å². The van der Waals surface area contributed by atoms with Crippen molar-refractivity contribution in [3.05, 3.63) is 41.5 Å². The third-order valence-electron chi connectivity index (χ3n) is 3.96. The van der Waals surface area contributed by atoms with Crippen molar-refractivity contribution in [3.8, 4) is 0 Å². The van der Waals surface area contributed by atoms with E-state index in [0.29, 0.717) is 25.5 Å². The third kappa shape index (κ3) is 3.60. The number of aromatic nitrogens is 3. The lowest BCUT2D eigenvalue weighted by Crippen LogP contribution is -2.39. The van der Waals surface area contributed by atoms with Gasteiger partial charge in [-0.25, -0.2) is 8.42 Å². The quantitative estimate of drug-likeness (QED) is 0.899. The molecular weight excluding hydrogens is 316 g/mol. The van der Waals surface area contributed by atoms with E-state index in [1.165, 1.54) is 12.5 Å². The number of hydrogen-bond donors (Lipinski definition) is 1. The summed E-state index contributed by atoms with van der Waals surface area (Å²) in [5, 5.41) is 6.76. The summed E-state index contributed by atoms with van der Waals surface area (Å²) in [5.74, 6) is 0. The highest BCUT2D eigenvalue weighted by atomic mass is 32.2. The first-order chi connectivity index (χ1) is 10.9. The molecule has 0 aliphatic carbocycles. The second-order valence-corrected chi connectivity index (χ2v) is 7.77. The van der Waals surface area contributed by atoms with E-state index in [9.17, 15) is 8.42 Å². The fraction of sp³-hybridized carbons (Fsp3) is 0.467. The summed E-state index contributed by atoms with van der Waals surface area (Å²) < 4.78 is 29.4. The number of morpholine rings is 1. The fourth-order valence-electron chi connectivity index (χ4n) is 2.74. The summed E-state index contributed by atoms with van der Waals surface area (Å²) in [6.07, 6.45) is 4.41. The first-order valence-electron chi connectivity index (χ1n) is 7.42. The van der Waals surface area contributed by atoms with Gasteiger partial charge in [0.05, 0.1) is 31.1 Å². The monoisotopic (exact) mass is 336 g/mol. The molecule has 1 atom stereocenters. The van der Waals surface area contributed by atoms with Gasteiger partial charge in [-0.15, -0.1) is 0 Å². The number of pyridine rings is 1. The van der Waals surface area contributed by atoms with Gasteiger partial charge in [-0.05, 0) is 18.6 Å². The Morgan fingerprint density at radius 1 is 1.39 bits per heavy atom. The number of nitrogens with zero attached hydrogens (tertiary/aromatic N) is 3. The van der Waals surface area contributed by atoms with E-state index in [1.807, 2.05) is 25.3 Å². The Balaban J connectivity index is 1.87. The minimum Gasteiger partial charge on any atom is -0.378 e. The number of hydrogen-bond acceptors (Lipinski definition) is 6. The smallest absolute Gasteiger partial charge is 0.178 e. The van der Waals surface area contributed by atoms with Crippen LogP contribution in [0.2, 0.25) is 0 Å². The van der Waals surface area contributed by atoms with Gasteiger partial charge in [-0.2, -0.15) is 5.10 Å². The van der Waals surface area contributed by atoms with Crippen molar-refractivity contribution in [1.29, 1.82) is 0 Å². The van der Waals surface area contributed by atoms with Crippen LogP contribution in [0.3, 0.4) is 0 Å². The zero-order valence-electron chi connectivity index (χ0n) is 13.2. The highest BCUT2D eigenvalue weighted by molar-refractivity contribution is 7.90. The first kappa shape index (κ1) is 16.1. The van der Waals surface area contributed by atoms with Gasteiger partial charge in [0.2, 0.25) is 0 Å². The van der Waals surface area contributed by atoms with Gasteiger partial charge in [-0.3, -0.25) is 15.0 Å². The minimum absolute atomic E-state index is 0.169. The molecule has 1 saturated heterocycles. The van der Waals surface area contributed by atoms with E-state index < -0.39 is 9.84 Å². The number of aryl methyl sites for hydroxylation is 1. The maximum atomic E-state index is 11.9. The Labute approximate surface area is 135 Å². The predicted molar refractivity (Wildman–Crippen MR) is 84.6 cm³/mol. The molecule has 2 aromatic rings. The lowest BCUT2D eigenvalue weighted by molar-refractivity contribution is -0.0152. The molecule has 23 heavy (non-hydrogen) atoms. The van der Waals surface area contributed by atoms with Crippen LogP contribution in [0.1, 0.15) is 23.0 Å². The van der Waals surface area contributed by atoms with E-state index in [0.717, 1.165) is 17.8 Å². The second-order valence-electron chi connectivity index (χ2n) is 5.79. The Morgan fingerprint density at radius 3 is 2.91 bits per heavy atom. The Morgan fingerprint density at radius 2 is 2.22 bits per heavy atom. The van der Waals surface area contributed by atoms with Crippen LogP contribution in [-0.4, -0.2) is 54.5 Å². The molecular formula is C15H20N4O3S. The molecule has 0 amide bonds. The molecule has 0 spiro atoms. The highest BCUT2D eigenvalue weighted by Crippen LogP contribution is 2.28. The molecule has 1 aliphatic heterocycles. The van der Waals surface area contributed by atoms with Crippen molar-refractivity contribution < 1.29 is 13.2 Å². The zero-order chi connectivity index (χ0) is 16.4. The van der Waals surface area contributed by atoms with Gasteiger partial charge in [0, 0.05) is 31.2 Å². The van der Waals surface area contributed by atoms with Crippen LogP contribution < -0.4 is 0 Å².